The molecule has 0 saturated heterocycles. The molecule has 1 atom stereocenters. The van der Waals surface area contributed by atoms with E-state index in [2.05, 4.69) is 10.4 Å². The first-order chi connectivity index (χ1) is 14.4. The quantitative estimate of drug-likeness (QED) is 0.630. The summed E-state index contributed by atoms with van der Waals surface area (Å²) < 4.78 is 66.7. The van der Waals surface area contributed by atoms with Crippen LogP contribution in [0.2, 0.25) is 0 Å². The minimum Gasteiger partial charge on any atom is -0.347 e. The molecule has 0 aliphatic rings. The second-order valence-corrected chi connectivity index (χ2v) is 7.08. The summed E-state index contributed by atoms with van der Waals surface area (Å²) >= 11 is 0. The molecule has 3 rings (SSSR count). The number of fused-ring (bicyclic) bond motifs is 1. The molecule has 0 aliphatic carbocycles. The Labute approximate surface area is 172 Å². The first-order valence-corrected chi connectivity index (χ1v) is 8.96. The van der Waals surface area contributed by atoms with Crippen molar-refractivity contribution >= 4 is 22.8 Å². The van der Waals surface area contributed by atoms with Gasteiger partial charge in [-0.1, -0.05) is 0 Å². The van der Waals surface area contributed by atoms with Gasteiger partial charge in [0.1, 0.15) is 11.6 Å². The SMILES string of the molecule is C[C@@H](C(=O)Nn1c(N(C)C)nc2cc(C(F)(F)F)ccc2c1=O)c1cc(F)cc(F)c1. The number of benzene rings is 2. The molecule has 0 fully saturated rings. The van der Waals surface area contributed by atoms with E-state index in [9.17, 15) is 31.5 Å². The van der Waals surface area contributed by atoms with Crippen LogP contribution in [-0.4, -0.2) is 29.7 Å². The van der Waals surface area contributed by atoms with E-state index >= 15 is 0 Å². The van der Waals surface area contributed by atoms with Crippen molar-refractivity contribution in [3.63, 3.8) is 0 Å². The molecule has 164 valence electrons. The minimum absolute atomic E-state index is 0.0398. The van der Waals surface area contributed by atoms with Crippen molar-refractivity contribution < 1.29 is 26.7 Å². The van der Waals surface area contributed by atoms with Crippen LogP contribution >= 0.6 is 0 Å². The molecule has 3 aromatic rings. The smallest absolute Gasteiger partial charge is 0.347 e. The lowest BCUT2D eigenvalue weighted by molar-refractivity contribution is -0.137. The maximum atomic E-state index is 13.5. The van der Waals surface area contributed by atoms with Crippen molar-refractivity contribution in [2.75, 3.05) is 24.4 Å². The standard InChI is InChI=1S/C20H17F5N4O2/c1-10(11-6-13(21)9-14(22)7-11)17(30)27-29-18(31)15-5-4-12(20(23,24)25)8-16(15)26-19(29)28(2)3/h4-10H,1-3H3,(H,27,30)/t10-/m1/s1. The van der Waals surface area contributed by atoms with Gasteiger partial charge in [-0.25, -0.2) is 13.8 Å². The van der Waals surface area contributed by atoms with Gasteiger partial charge in [-0.2, -0.15) is 17.8 Å². The van der Waals surface area contributed by atoms with Crippen LogP contribution in [0.15, 0.2) is 41.2 Å². The number of carbonyl (C=O) groups is 1. The summed E-state index contributed by atoms with van der Waals surface area (Å²) in [5, 5.41) is -0.150. The maximum Gasteiger partial charge on any atom is 0.416 e. The van der Waals surface area contributed by atoms with Crippen LogP contribution in [0.1, 0.15) is 24.0 Å². The lowest BCUT2D eigenvalue weighted by Crippen LogP contribution is -2.39. The predicted molar refractivity (Wildman–Crippen MR) is 104 cm³/mol. The number of hydrogen-bond donors (Lipinski definition) is 1. The molecule has 0 unspecified atom stereocenters. The number of nitrogens with zero attached hydrogens (tertiary/aromatic N) is 3. The topological polar surface area (TPSA) is 67.2 Å². The average Bonchev–Trinajstić information content (AvgIpc) is 2.67. The molecular formula is C20H17F5N4O2. The van der Waals surface area contributed by atoms with E-state index in [1.165, 1.54) is 25.9 Å². The third kappa shape index (κ3) is 4.49. The molecule has 0 bridgehead atoms. The number of rotatable bonds is 4. The van der Waals surface area contributed by atoms with Crippen molar-refractivity contribution in [1.29, 1.82) is 0 Å². The Kier molecular flexibility index (Phi) is 5.70. The van der Waals surface area contributed by atoms with Crippen LogP contribution in [0.25, 0.3) is 10.9 Å². The van der Waals surface area contributed by atoms with Crippen LogP contribution in [0, 0.1) is 11.6 Å². The summed E-state index contributed by atoms with van der Waals surface area (Å²) in [6.45, 7) is 1.38. The molecule has 11 heteroatoms. The Hall–Kier alpha value is -3.50. The largest absolute Gasteiger partial charge is 0.416 e. The lowest BCUT2D eigenvalue weighted by Gasteiger charge is -2.21. The van der Waals surface area contributed by atoms with Gasteiger partial charge in [-0.3, -0.25) is 15.0 Å². The first-order valence-electron chi connectivity index (χ1n) is 8.96. The Bertz CT molecular complexity index is 1200. The fourth-order valence-corrected chi connectivity index (χ4v) is 2.93. The number of hydrogen-bond acceptors (Lipinski definition) is 4. The van der Waals surface area contributed by atoms with Gasteiger partial charge in [0, 0.05) is 20.2 Å². The third-order valence-electron chi connectivity index (χ3n) is 4.58. The van der Waals surface area contributed by atoms with Crippen LogP contribution in [0.3, 0.4) is 0 Å². The zero-order valence-corrected chi connectivity index (χ0v) is 16.6. The summed E-state index contributed by atoms with van der Waals surface area (Å²) in [6.07, 6.45) is -4.62. The van der Waals surface area contributed by atoms with E-state index in [-0.39, 0.29) is 22.4 Å². The van der Waals surface area contributed by atoms with E-state index in [0.29, 0.717) is 6.07 Å². The number of carbonyl (C=O) groups excluding carboxylic acids is 1. The van der Waals surface area contributed by atoms with E-state index in [0.717, 1.165) is 35.0 Å². The van der Waals surface area contributed by atoms with E-state index < -0.39 is 40.8 Å². The molecule has 1 N–H and O–H groups in total. The number of amides is 1. The zero-order chi connectivity index (χ0) is 23.1. The van der Waals surface area contributed by atoms with Crippen molar-refractivity contribution in [1.82, 2.24) is 9.66 Å². The van der Waals surface area contributed by atoms with Gasteiger partial charge in [0.15, 0.2) is 0 Å². The first kappa shape index (κ1) is 22.2. The van der Waals surface area contributed by atoms with Crippen LogP contribution in [0.4, 0.5) is 27.9 Å². The molecule has 0 aliphatic heterocycles. The summed E-state index contributed by atoms with van der Waals surface area (Å²) in [7, 11) is 2.96. The van der Waals surface area contributed by atoms with Gasteiger partial charge in [0.05, 0.1) is 22.4 Å². The van der Waals surface area contributed by atoms with E-state index in [1.54, 1.807) is 0 Å². The van der Waals surface area contributed by atoms with Crippen molar-refractivity contribution in [3.05, 3.63) is 69.5 Å². The van der Waals surface area contributed by atoms with Gasteiger partial charge >= 0.3 is 6.18 Å². The molecule has 6 nitrogen and oxygen atoms in total. The highest BCUT2D eigenvalue weighted by Gasteiger charge is 2.31. The molecule has 0 radical (unpaired) electrons. The summed E-state index contributed by atoms with van der Waals surface area (Å²) in [4.78, 5) is 31.0. The number of aromatic nitrogens is 2. The Morgan fingerprint density at radius 2 is 1.71 bits per heavy atom. The average molecular weight is 440 g/mol. The fourth-order valence-electron chi connectivity index (χ4n) is 2.93. The van der Waals surface area contributed by atoms with Crippen LogP contribution in [-0.2, 0) is 11.0 Å². The zero-order valence-electron chi connectivity index (χ0n) is 16.6. The Morgan fingerprint density at radius 1 is 1.10 bits per heavy atom. The number of alkyl halides is 3. The Balaban J connectivity index is 2.06. The van der Waals surface area contributed by atoms with Gasteiger partial charge in [-0.05, 0) is 42.8 Å². The van der Waals surface area contributed by atoms with Gasteiger partial charge < -0.3 is 4.90 Å². The summed E-state index contributed by atoms with van der Waals surface area (Å²) in [5.74, 6) is -3.69. The second-order valence-electron chi connectivity index (χ2n) is 7.08. The molecule has 1 aromatic heterocycles. The molecule has 1 heterocycles. The number of halogens is 5. The lowest BCUT2D eigenvalue weighted by atomic mass is 10.0. The van der Waals surface area contributed by atoms with Gasteiger partial charge in [0.25, 0.3) is 5.56 Å². The highest BCUT2D eigenvalue weighted by atomic mass is 19.4. The van der Waals surface area contributed by atoms with Crippen molar-refractivity contribution in [3.8, 4) is 0 Å². The second kappa shape index (κ2) is 7.97. The number of nitrogens with one attached hydrogen (secondary N) is 1. The van der Waals surface area contributed by atoms with Crippen molar-refractivity contribution in [2.24, 2.45) is 0 Å². The summed E-state index contributed by atoms with van der Waals surface area (Å²) in [6, 6.07) is 5.09. The van der Waals surface area contributed by atoms with Crippen molar-refractivity contribution in [2.45, 2.75) is 19.0 Å². The monoisotopic (exact) mass is 440 g/mol. The molecule has 2 aromatic carbocycles. The van der Waals surface area contributed by atoms with E-state index in [1.807, 2.05) is 0 Å². The predicted octanol–water partition coefficient (Wildman–Crippen LogP) is 3.63. The minimum atomic E-state index is -4.62. The normalized spacial score (nSPS) is 12.6. The number of anilines is 1. The third-order valence-corrected chi connectivity index (χ3v) is 4.58. The Morgan fingerprint density at radius 3 is 2.26 bits per heavy atom. The molecule has 31 heavy (non-hydrogen) atoms. The molecule has 0 saturated carbocycles. The van der Waals surface area contributed by atoms with Crippen LogP contribution < -0.4 is 15.9 Å². The molecule has 1 amide bonds. The molecular weight excluding hydrogens is 423 g/mol. The highest BCUT2D eigenvalue weighted by Crippen LogP contribution is 2.30. The summed E-state index contributed by atoms with van der Waals surface area (Å²) in [5.41, 5.74) is 0.385. The van der Waals surface area contributed by atoms with E-state index in [4.69, 9.17) is 0 Å². The highest BCUT2D eigenvalue weighted by molar-refractivity contribution is 5.90. The molecule has 0 spiro atoms. The van der Waals surface area contributed by atoms with Gasteiger partial charge in [-0.15, -0.1) is 0 Å². The fraction of sp³-hybridized carbons (Fsp3) is 0.250. The maximum absolute atomic E-state index is 13.5. The van der Waals surface area contributed by atoms with Crippen LogP contribution in [0.5, 0.6) is 0 Å². The van der Waals surface area contributed by atoms with Gasteiger partial charge in [0.2, 0.25) is 11.9 Å².